The van der Waals surface area contributed by atoms with E-state index >= 15 is 0 Å². The molecule has 0 amide bonds. The minimum atomic E-state index is -0.708. The Hall–Kier alpha value is -1.91. The van der Waals surface area contributed by atoms with Gasteiger partial charge in [-0.05, 0) is 25.0 Å². The Bertz CT molecular complexity index is 415. The van der Waals surface area contributed by atoms with Gasteiger partial charge < -0.3 is 18.9 Å². The van der Waals surface area contributed by atoms with Crippen LogP contribution in [0.5, 0.6) is 11.5 Å². The minimum Gasteiger partial charge on any atom is -0.493 e. The maximum absolute atomic E-state index is 11.2. The lowest BCUT2D eigenvalue weighted by Crippen LogP contribution is -2.29. The number of carbonyl (C=O) groups is 1. The summed E-state index contributed by atoms with van der Waals surface area (Å²) in [5, 5.41) is 0. The first-order chi connectivity index (χ1) is 8.74. The van der Waals surface area contributed by atoms with Gasteiger partial charge in [0, 0.05) is 6.42 Å². The predicted molar refractivity (Wildman–Crippen MR) is 63.8 cm³/mol. The number of benzene rings is 1. The maximum atomic E-state index is 11.2. The number of carbonyl (C=O) groups excluding carboxylic acids is 1. The standard InChI is InChI=1S/C13H16O5/c1-3-16-13(14)18-11-8-7-9-5-4-6-10(15-2)12(9)17-11/h4-6,11H,3,7-8H2,1-2H3/t11-/m1/s1. The van der Waals surface area contributed by atoms with Gasteiger partial charge in [-0.25, -0.2) is 4.79 Å². The summed E-state index contributed by atoms with van der Waals surface area (Å²) in [5.41, 5.74) is 1.05. The molecule has 0 aliphatic carbocycles. The zero-order valence-electron chi connectivity index (χ0n) is 10.5. The van der Waals surface area contributed by atoms with Crippen molar-refractivity contribution in [3.8, 4) is 11.5 Å². The number of rotatable bonds is 3. The second kappa shape index (κ2) is 5.62. The SMILES string of the molecule is CCOC(=O)O[C@@H]1CCc2cccc(OC)c2O1. The largest absolute Gasteiger partial charge is 0.511 e. The second-order valence-electron chi connectivity index (χ2n) is 3.84. The van der Waals surface area contributed by atoms with Gasteiger partial charge >= 0.3 is 6.16 Å². The van der Waals surface area contributed by atoms with Crippen LogP contribution in [0.1, 0.15) is 18.9 Å². The topological polar surface area (TPSA) is 54.0 Å². The van der Waals surface area contributed by atoms with Gasteiger partial charge in [-0.1, -0.05) is 12.1 Å². The van der Waals surface area contributed by atoms with Crippen molar-refractivity contribution in [1.82, 2.24) is 0 Å². The minimum absolute atomic E-state index is 0.283. The van der Waals surface area contributed by atoms with Crippen molar-refractivity contribution >= 4 is 6.16 Å². The predicted octanol–water partition coefficient (Wildman–Crippen LogP) is 2.52. The summed E-state index contributed by atoms with van der Waals surface area (Å²) in [6.07, 6.45) is 0.0592. The average molecular weight is 252 g/mol. The van der Waals surface area contributed by atoms with Crippen LogP contribution >= 0.6 is 0 Å². The molecule has 0 fully saturated rings. The van der Waals surface area contributed by atoms with Crippen molar-refractivity contribution < 1.29 is 23.7 Å². The van der Waals surface area contributed by atoms with E-state index in [2.05, 4.69) is 0 Å². The van der Waals surface area contributed by atoms with Gasteiger partial charge in [-0.3, -0.25) is 0 Å². The fraction of sp³-hybridized carbons (Fsp3) is 0.462. The highest BCUT2D eigenvalue weighted by Gasteiger charge is 2.25. The van der Waals surface area contributed by atoms with Crippen LogP contribution in [0.3, 0.4) is 0 Å². The van der Waals surface area contributed by atoms with Gasteiger partial charge in [0.15, 0.2) is 11.5 Å². The van der Waals surface area contributed by atoms with E-state index in [0.717, 1.165) is 12.0 Å². The fourth-order valence-corrected chi connectivity index (χ4v) is 1.86. The van der Waals surface area contributed by atoms with Crippen molar-refractivity contribution in [2.24, 2.45) is 0 Å². The van der Waals surface area contributed by atoms with Crippen molar-refractivity contribution in [3.63, 3.8) is 0 Å². The Morgan fingerprint density at radius 3 is 3.06 bits per heavy atom. The van der Waals surface area contributed by atoms with Crippen molar-refractivity contribution in [3.05, 3.63) is 23.8 Å². The third kappa shape index (κ3) is 2.67. The highest BCUT2D eigenvalue weighted by atomic mass is 16.8. The highest BCUT2D eigenvalue weighted by molar-refractivity contribution is 5.60. The van der Waals surface area contributed by atoms with E-state index in [1.54, 1.807) is 14.0 Å². The molecule has 18 heavy (non-hydrogen) atoms. The van der Waals surface area contributed by atoms with Crippen LogP contribution in [-0.4, -0.2) is 26.2 Å². The monoisotopic (exact) mass is 252 g/mol. The van der Waals surface area contributed by atoms with Gasteiger partial charge in [0.05, 0.1) is 13.7 Å². The quantitative estimate of drug-likeness (QED) is 0.774. The number of methoxy groups -OCH3 is 1. The normalized spacial score (nSPS) is 17.3. The summed E-state index contributed by atoms with van der Waals surface area (Å²) in [7, 11) is 1.58. The zero-order chi connectivity index (χ0) is 13.0. The molecule has 0 N–H and O–H groups in total. The second-order valence-corrected chi connectivity index (χ2v) is 3.84. The average Bonchev–Trinajstić information content (AvgIpc) is 2.38. The van der Waals surface area contributed by atoms with E-state index in [0.29, 0.717) is 17.9 Å². The van der Waals surface area contributed by atoms with Crippen LogP contribution in [0.2, 0.25) is 0 Å². The van der Waals surface area contributed by atoms with E-state index in [9.17, 15) is 4.79 Å². The number of para-hydroxylation sites is 1. The molecule has 0 saturated heterocycles. The van der Waals surface area contributed by atoms with E-state index in [1.807, 2.05) is 18.2 Å². The summed E-state index contributed by atoms with van der Waals surface area (Å²) in [6.45, 7) is 2.01. The third-order valence-electron chi connectivity index (χ3n) is 2.67. The molecule has 5 heteroatoms. The molecule has 1 aromatic rings. The first kappa shape index (κ1) is 12.5. The Morgan fingerprint density at radius 2 is 2.33 bits per heavy atom. The lowest BCUT2D eigenvalue weighted by Gasteiger charge is -2.26. The summed E-state index contributed by atoms with van der Waals surface area (Å²) >= 11 is 0. The zero-order valence-corrected chi connectivity index (χ0v) is 10.5. The molecule has 1 aromatic carbocycles. The first-order valence-corrected chi connectivity index (χ1v) is 5.90. The molecule has 2 rings (SSSR count). The maximum Gasteiger partial charge on any atom is 0.511 e. The number of aryl methyl sites for hydroxylation is 1. The fourth-order valence-electron chi connectivity index (χ4n) is 1.86. The molecular weight excluding hydrogens is 236 g/mol. The van der Waals surface area contributed by atoms with Crippen LogP contribution in [-0.2, 0) is 15.9 Å². The third-order valence-corrected chi connectivity index (χ3v) is 2.67. The van der Waals surface area contributed by atoms with Crippen LogP contribution in [0.4, 0.5) is 4.79 Å². The molecule has 0 saturated carbocycles. The van der Waals surface area contributed by atoms with Gasteiger partial charge in [0.1, 0.15) is 0 Å². The lowest BCUT2D eigenvalue weighted by atomic mass is 10.1. The Kier molecular flexibility index (Phi) is 3.92. The molecule has 0 spiro atoms. The smallest absolute Gasteiger partial charge is 0.493 e. The molecule has 5 nitrogen and oxygen atoms in total. The Balaban J connectivity index is 2.07. The summed E-state index contributed by atoms with van der Waals surface area (Å²) in [4.78, 5) is 11.2. The summed E-state index contributed by atoms with van der Waals surface area (Å²) in [5.74, 6) is 1.28. The molecule has 1 atom stereocenters. The number of hydrogen-bond donors (Lipinski definition) is 0. The highest BCUT2D eigenvalue weighted by Crippen LogP contribution is 2.36. The van der Waals surface area contributed by atoms with Crippen LogP contribution in [0, 0.1) is 0 Å². The molecule has 1 aliphatic heterocycles. The molecular formula is C13H16O5. The van der Waals surface area contributed by atoms with Gasteiger partial charge in [-0.15, -0.1) is 0 Å². The van der Waals surface area contributed by atoms with Crippen molar-refractivity contribution in [1.29, 1.82) is 0 Å². The molecule has 1 heterocycles. The molecule has 98 valence electrons. The molecule has 0 aromatic heterocycles. The van der Waals surface area contributed by atoms with E-state index in [1.165, 1.54) is 0 Å². The molecule has 0 radical (unpaired) electrons. The lowest BCUT2D eigenvalue weighted by molar-refractivity contribution is -0.0735. The van der Waals surface area contributed by atoms with E-state index in [-0.39, 0.29) is 6.61 Å². The van der Waals surface area contributed by atoms with Crippen LogP contribution in [0.15, 0.2) is 18.2 Å². The molecule has 0 unspecified atom stereocenters. The summed E-state index contributed by atoms with van der Waals surface area (Å²) in [6, 6.07) is 5.69. The number of ether oxygens (including phenoxy) is 4. The van der Waals surface area contributed by atoms with Crippen molar-refractivity contribution in [2.45, 2.75) is 26.1 Å². The van der Waals surface area contributed by atoms with Gasteiger partial charge in [-0.2, -0.15) is 0 Å². The van der Waals surface area contributed by atoms with Crippen LogP contribution < -0.4 is 9.47 Å². The molecule has 1 aliphatic rings. The van der Waals surface area contributed by atoms with E-state index < -0.39 is 12.4 Å². The van der Waals surface area contributed by atoms with E-state index in [4.69, 9.17) is 18.9 Å². The van der Waals surface area contributed by atoms with Crippen LogP contribution in [0.25, 0.3) is 0 Å². The Morgan fingerprint density at radius 1 is 1.50 bits per heavy atom. The first-order valence-electron chi connectivity index (χ1n) is 5.90. The van der Waals surface area contributed by atoms with Gasteiger partial charge in [0.2, 0.25) is 6.29 Å². The number of hydrogen-bond acceptors (Lipinski definition) is 5. The summed E-state index contributed by atoms with van der Waals surface area (Å²) < 4.78 is 20.6. The molecule has 0 bridgehead atoms. The Labute approximate surface area is 106 Å². The number of fused-ring (bicyclic) bond motifs is 1. The van der Waals surface area contributed by atoms with Crippen molar-refractivity contribution in [2.75, 3.05) is 13.7 Å². The van der Waals surface area contributed by atoms with Gasteiger partial charge in [0.25, 0.3) is 0 Å².